The lowest BCUT2D eigenvalue weighted by molar-refractivity contribution is -0.135. The Hall–Kier alpha value is -1.71. The minimum Gasteiger partial charge on any atom is -0.493 e. The van der Waals surface area contributed by atoms with Crippen molar-refractivity contribution in [1.82, 2.24) is 4.90 Å². The van der Waals surface area contributed by atoms with Crippen molar-refractivity contribution in [2.75, 3.05) is 26.8 Å². The van der Waals surface area contributed by atoms with Gasteiger partial charge in [0.1, 0.15) is 0 Å². The predicted octanol–water partition coefficient (Wildman–Crippen LogP) is 2.72. The summed E-state index contributed by atoms with van der Waals surface area (Å²) in [5, 5.41) is 0. The SMILES string of the molecule is COc1ccccc1OCC(=O)N1CCC(C)(C)CC1. The van der Waals surface area contributed by atoms with Gasteiger partial charge in [0.2, 0.25) is 0 Å². The molecule has 4 nitrogen and oxygen atoms in total. The molecular formula is C16H23NO3. The van der Waals surface area contributed by atoms with Gasteiger partial charge in [-0.2, -0.15) is 0 Å². The fourth-order valence-electron chi connectivity index (χ4n) is 2.33. The van der Waals surface area contributed by atoms with Gasteiger partial charge in [-0.25, -0.2) is 0 Å². The average Bonchev–Trinajstić information content (AvgIpc) is 2.45. The van der Waals surface area contributed by atoms with E-state index in [1.807, 2.05) is 29.2 Å². The van der Waals surface area contributed by atoms with Gasteiger partial charge in [0, 0.05) is 13.1 Å². The Kier molecular flexibility index (Phi) is 4.53. The molecule has 0 radical (unpaired) electrons. The lowest BCUT2D eigenvalue weighted by Gasteiger charge is -2.36. The largest absolute Gasteiger partial charge is 0.493 e. The van der Waals surface area contributed by atoms with E-state index in [1.54, 1.807) is 7.11 Å². The highest BCUT2D eigenvalue weighted by atomic mass is 16.5. The number of hydrogen-bond acceptors (Lipinski definition) is 3. The van der Waals surface area contributed by atoms with Gasteiger partial charge >= 0.3 is 0 Å². The topological polar surface area (TPSA) is 38.8 Å². The van der Waals surface area contributed by atoms with Gasteiger partial charge in [0.15, 0.2) is 18.1 Å². The fourth-order valence-corrected chi connectivity index (χ4v) is 2.33. The first-order valence-electron chi connectivity index (χ1n) is 7.05. The Bertz CT molecular complexity index is 461. The summed E-state index contributed by atoms with van der Waals surface area (Å²) >= 11 is 0. The van der Waals surface area contributed by atoms with Crippen LogP contribution in [0.2, 0.25) is 0 Å². The summed E-state index contributed by atoms with van der Waals surface area (Å²) in [6, 6.07) is 7.38. The number of amides is 1. The van der Waals surface area contributed by atoms with Gasteiger partial charge in [0.05, 0.1) is 7.11 Å². The van der Waals surface area contributed by atoms with Crippen LogP contribution < -0.4 is 9.47 Å². The summed E-state index contributed by atoms with van der Waals surface area (Å²) in [4.78, 5) is 14.0. The van der Waals surface area contributed by atoms with Crippen LogP contribution in [-0.2, 0) is 4.79 Å². The second-order valence-electron chi connectivity index (χ2n) is 5.98. The number of para-hydroxylation sites is 2. The molecule has 0 N–H and O–H groups in total. The maximum absolute atomic E-state index is 12.1. The second kappa shape index (κ2) is 6.16. The van der Waals surface area contributed by atoms with Crippen molar-refractivity contribution in [1.29, 1.82) is 0 Å². The highest BCUT2D eigenvalue weighted by molar-refractivity contribution is 5.78. The average molecular weight is 277 g/mol. The molecule has 1 amide bonds. The third-order valence-electron chi connectivity index (χ3n) is 3.89. The van der Waals surface area contributed by atoms with E-state index in [4.69, 9.17) is 9.47 Å². The third-order valence-corrected chi connectivity index (χ3v) is 3.89. The number of methoxy groups -OCH3 is 1. The van der Waals surface area contributed by atoms with Gasteiger partial charge in [0.25, 0.3) is 5.91 Å². The Balaban J connectivity index is 1.86. The molecule has 1 fully saturated rings. The minimum atomic E-state index is 0.0476. The number of benzene rings is 1. The summed E-state index contributed by atoms with van der Waals surface area (Å²) in [5.41, 5.74) is 0.348. The molecule has 0 bridgehead atoms. The number of carbonyl (C=O) groups is 1. The van der Waals surface area contributed by atoms with Crippen LogP contribution in [0.4, 0.5) is 0 Å². The quantitative estimate of drug-likeness (QED) is 0.849. The number of carbonyl (C=O) groups excluding carboxylic acids is 1. The highest BCUT2D eigenvalue weighted by Crippen LogP contribution is 2.30. The van der Waals surface area contributed by atoms with Crippen molar-refractivity contribution in [3.05, 3.63) is 24.3 Å². The minimum absolute atomic E-state index is 0.0476. The molecule has 110 valence electrons. The van der Waals surface area contributed by atoms with Crippen LogP contribution in [-0.4, -0.2) is 37.6 Å². The molecule has 0 aromatic heterocycles. The summed E-state index contributed by atoms with van der Waals surface area (Å²) in [6.07, 6.45) is 2.10. The molecule has 0 unspecified atom stereocenters. The van der Waals surface area contributed by atoms with E-state index in [1.165, 1.54) is 0 Å². The number of hydrogen-bond donors (Lipinski definition) is 0. The molecule has 1 saturated heterocycles. The van der Waals surface area contributed by atoms with Crippen molar-refractivity contribution < 1.29 is 14.3 Å². The normalized spacial score (nSPS) is 17.6. The van der Waals surface area contributed by atoms with E-state index >= 15 is 0 Å². The molecule has 0 spiro atoms. The highest BCUT2D eigenvalue weighted by Gasteiger charge is 2.27. The number of ether oxygens (including phenoxy) is 2. The molecule has 1 heterocycles. The zero-order chi connectivity index (χ0) is 14.6. The monoisotopic (exact) mass is 277 g/mol. The Morgan fingerprint density at radius 1 is 1.20 bits per heavy atom. The first-order valence-corrected chi connectivity index (χ1v) is 7.05. The first-order chi connectivity index (χ1) is 9.52. The maximum atomic E-state index is 12.1. The number of likely N-dealkylation sites (tertiary alicyclic amines) is 1. The fraction of sp³-hybridized carbons (Fsp3) is 0.562. The zero-order valence-electron chi connectivity index (χ0n) is 12.5. The molecule has 1 aromatic carbocycles. The molecular weight excluding hydrogens is 254 g/mol. The molecule has 20 heavy (non-hydrogen) atoms. The molecule has 0 aliphatic carbocycles. The summed E-state index contributed by atoms with van der Waals surface area (Å²) in [5.74, 6) is 1.31. The van der Waals surface area contributed by atoms with Crippen molar-refractivity contribution >= 4 is 5.91 Å². The van der Waals surface area contributed by atoms with E-state index in [9.17, 15) is 4.79 Å². The molecule has 1 aliphatic heterocycles. The van der Waals surface area contributed by atoms with Crippen molar-refractivity contribution in [2.24, 2.45) is 5.41 Å². The van der Waals surface area contributed by atoms with E-state index in [-0.39, 0.29) is 12.5 Å². The van der Waals surface area contributed by atoms with Gasteiger partial charge in [-0.05, 0) is 30.4 Å². The zero-order valence-corrected chi connectivity index (χ0v) is 12.5. The molecule has 4 heteroatoms. The maximum Gasteiger partial charge on any atom is 0.260 e. The second-order valence-corrected chi connectivity index (χ2v) is 5.98. The van der Waals surface area contributed by atoms with Gasteiger partial charge in [-0.1, -0.05) is 26.0 Å². The van der Waals surface area contributed by atoms with Crippen LogP contribution in [0, 0.1) is 5.41 Å². The molecule has 1 aromatic rings. The molecule has 1 aliphatic rings. The smallest absolute Gasteiger partial charge is 0.260 e. The van der Waals surface area contributed by atoms with Crippen molar-refractivity contribution in [3.8, 4) is 11.5 Å². The summed E-state index contributed by atoms with van der Waals surface area (Å²) in [7, 11) is 1.59. The molecule has 2 rings (SSSR count). The summed E-state index contributed by atoms with van der Waals surface area (Å²) in [6.45, 7) is 6.21. The number of piperidine rings is 1. The Morgan fingerprint density at radius 2 is 1.80 bits per heavy atom. The van der Waals surface area contributed by atoms with Crippen molar-refractivity contribution in [2.45, 2.75) is 26.7 Å². The van der Waals surface area contributed by atoms with Crippen LogP contribution >= 0.6 is 0 Å². The van der Waals surface area contributed by atoms with Crippen LogP contribution in [0.3, 0.4) is 0 Å². The molecule has 0 saturated carbocycles. The van der Waals surface area contributed by atoms with Gasteiger partial charge in [-0.15, -0.1) is 0 Å². The van der Waals surface area contributed by atoms with Crippen LogP contribution in [0.5, 0.6) is 11.5 Å². The van der Waals surface area contributed by atoms with E-state index in [2.05, 4.69) is 13.8 Å². The number of nitrogens with zero attached hydrogens (tertiary/aromatic N) is 1. The lowest BCUT2D eigenvalue weighted by atomic mass is 9.83. The summed E-state index contributed by atoms with van der Waals surface area (Å²) < 4.78 is 10.8. The predicted molar refractivity (Wildman–Crippen MR) is 78.1 cm³/mol. The van der Waals surface area contributed by atoms with Gasteiger partial charge in [-0.3, -0.25) is 4.79 Å². The Morgan fingerprint density at radius 3 is 2.40 bits per heavy atom. The van der Waals surface area contributed by atoms with Crippen LogP contribution in [0.1, 0.15) is 26.7 Å². The number of rotatable bonds is 4. The van der Waals surface area contributed by atoms with E-state index < -0.39 is 0 Å². The van der Waals surface area contributed by atoms with E-state index in [0.29, 0.717) is 16.9 Å². The first kappa shape index (κ1) is 14.7. The Labute approximate surface area is 120 Å². The van der Waals surface area contributed by atoms with Crippen molar-refractivity contribution in [3.63, 3.8) is 0 Å². The van der Waals surface area contributed by atoms with Gasteiger partial charge < -0.3 is 14.4 Å². The lowest BCUT2D eigenvalue weighted by Crippen LogP contribution is -2.43. The standard InChI is InChI=1S/C16H23NO3/c1-16(2)8-10-17(11-9-16)15(18)12-20-14-7-5-4-6-13(14)19-3/h4-7H,8-12H2,1-3H3. The van der Waals surface area contributed by atoms with Crippen LogP contribution in [0.25, 0.3) is 0 Å². The van der Waals surface area contributed by atoms with E-state index in [0.717, 1.165) is 25.9 Å². The van der Waals surface area contributed by atoms with Crippen LogP contribution in [0.15, 0.2) is 24.3 Å². The third kappa shape index (κ3) is 3.65. The molecule has 0 atom stereocenters.